The van der Waals surface area contributed by atoms with Crippen molar-refractivity contribution in [2.24, 2.45) is 0 Å². The monoisotopic (exact) mass is 419 g/mol. The van der Waals surface area contributed by atoms with Crippen LogP contribution in [-0.4, -0.2) is 47.0 Å². The fraction of sp³-hybridized carbons (Fsp3) is 0.360. The van der Waals surface area contributed by atoms with Crippen molar-refractivity contribution in [3.8, 4) is 5.75 Å². The maximum atomic E-state index is 13.2. The van der Waals surface area contributed by atoms with Crippen molar-refractivity contribution in [1.82, 2.24) is 15.0 Å². The van der Waals surface area contributed by atoms with Gasteiger partial charge in [0, 0.05) is 32.7 Å². The van der Waals surface area contributed by atoms with Crippen molar-refractivity contribution in [3.05, 3.63) is 82.2 Å². The molecular weight excluding hydrogens is 390 g/mol. The second kappa shape index (κ2) is 9.35. The highest BCUT2D eigenvalue weighted by Crippen LogP contribution is 2.22. The van der Waals surface area contributed by atoms with Gasteiger partial charge in [0.2, 0.25) is 0 Å². The van der Waals surface area contributed by atoms with Crippen LogP contribution in [0.3, 0.4) is 0 Å². The maximum absolute atomic E-state index is 13.2. The van der Waals surface area contributed by atoms with Crippen LogP contribution < -0.4 is 4.74 Å². The molecule has 1 fully saturated rings. The van der Waals surface area contributed by atoms with E-state index in [1.807, 2.05) is 43.0 Å². The van der Waals surface area contributed by atoms with Gasteiger partial charge in [-0.15, -0.1) is 0 Å². The Morgan fingerprint density at radius 2 is 1.81 bits per heavy atom. The number of hydrogen-bond donors (Lipinski definition) is 0. The van der Waals surface area contributed by atoms with E-state index in [1.54, 1.807) is 0 Å². The highest BCUT2D eigenvalue weighted by atomic mass is 16.5. The normalized spacial score (nSPS) is 14.6. The summed E-state index contributed by atoms with van der Waals surface area (Å²) in [5, 5.41) is 4.06. The summed E-state index contributed by atoms with van der Waals surface area (Å²) in [4.78, 5) is 17.4. The first-order valence-electron chi connectivity index (χ1n) is 10.7. The third kappa shape index (κ3) is 4.97. The molecule has 0 bridgehead atoms. The number of carbonyl (C=O) groups is 1. The topological polar surface area (TPSA) is 58.8 Å². The van der Waals surface area contributed by atoms with Crippen molar-refractivity contribution in [3.63, 3.8) is 0 Å². The summed E-state index contributed by atoms with van der Waals surface area (Å²) in [5.74, 6) is 1.33. The van der Waals surface area contributed by atoms with Crippen LogP contribution in [0.5, 0.6) is 5.75 Å². The number of aromatic nitrogens is 1. The lowest BCUT2D eigenvalue weighted by Gasteiger charge is -2.34. The number of piperazine rings is 1. The van der Waals surface area contributed by atoms with Crippen LogP contribution in [0.15, 0.2) is 53.1 Å². The number of nitrogens with zero attached hydrogens (tertiary/aromatic N) is 3. The van der Waals surface area contributed by atoms with Gasteiger partial charge >= 0.3 is 0 Å². The molecule has 1 saturated heterocycles. The summed E-state index contributed by atoms with van der Waals surface area (Å²) in [6.45, 7) is 10.1. The molecule has 1 amide bonds. The lowest BCUT2D eigenvalue weighted by Crippen LogP contribution is -2.48. The largest absolute Gasteiger partial charge is 0.488 e. The van der Waals surface area contributed by atoms with E-state index >= 15 is 0 Å². The summed E-state index contributed by atoms with van der Waals surface area (Å²) in [7, 11) is 0. The van der Waals surface area contributed by atoms with E-state index in [2.05, 4.69) is 41.2 Å². The first-order valence-corrected chi connectivity index (χ1v) is 10.7. The Morgan fingerprint density at radius 3 is 2.55 bits per heavy atom. The molecule has 31 heavy (non-hydrogen) atoms. The lowest BCUT2D eigenvalue weighted by atomic mass is 10.1. The molecular formula is C25H29N3O3. The minimum absolute atomic E-state index is 0.0876. The maximum Gasteiger partial charge on any atom is 0.276 e. The highest BCUT2D eigenvalue weighted by Gasteiger charge is 2.28. The summed E-state index contributed by atoms with van der Waals surface area (Å²) >= 11 is 0. The number of carbonyl (C=O) groups excluding carboxylic acids is 1. The Kier molecular flexibility index (Phi) is 6.37. The molecule has 0 atom stereocenters. The molecule has 0 radical (unpaired) electrons. The lowest BCUT2D eigenvalue weighted by molar-refractivity contribution is 0.0616. The quantitative estimate of drug-likeness (QED) is 0.601. The molecule has 0 aliphatic carbocycles. The summed E-state index contributed by atoms with van der Waals surface area (Å²) < 4.78 is 11.3. The number of para-hydroxylation sites is 1. The minimum atomic E-state index is -0.0876. The van der Waals surface area contributed by atoms with Crippen LogP contribution in [0.1, 0.15) is 38.5 Å². The molecule has 2 heterocycles. The molecule has 0 saturated carbocycles. The first-order chi connectivity index (χ1) is 15.0. The molecule has 6 nitrogen and oxygen atoms in total. The van der Waals surface area contributed by atoms with Gasteiger partial charge in [-0.1, -0.05) is 53.2 Å². The third-order valence-corrected chi connectivity index (χ3v) is 5.80. The number of aryl methyl sites for hydroxylation is 3. The second-order valence-corrected chi connectivity index (χ2v) is 8.18. The Labute approximate surface area is 183 Å². The number of rotatable bonds is 6. The summed E-state index contributed by atoms with van der Waals surface area (Å²) in [6.07, 6.45) is 0. The van der Waals surface area contributed by atoms with Crippen molar-refractivity contribution in [2.45, 2.75) is 33.9 Å². The molecule has 1 aromatic heterocycles. The molecule has 4 rings (SSSR count). The molecule has 1 aliphatic heterocycles. The van der Waals surface area contributed by atoms with Gasteiger partial charge in [-0.2, -0.15) is 0 Å². The van der Waals surface area contributed by atoms with Crippen LogP contribution in [0.25, 0.3) is 0 Å². The Morgan fingerprint density at radius 1 is 1.03 bits per heavy atom. The van der Waals surface area contributed by atoms with Gasteiger partial charge < -0.3 is 14.2 Å². The zero-order valence-electron chi connectivity index (χ0n) is 18.4. The molecule has 3 aromatic rings. The zero-order chi connectivity index (χ0) is 21.8. The molecule has 162 valence electrons. The predicted molar refractivity (Wildman–Crippen MR) is 119 cm³/mol. The molecule has 1 aliphatic rings. The molecule has 2 aromatic carbocycles. The van der Waals surface area contributed by atoms with E-state index in [1.165, 1.54) is 11.1 Å². The van der Waals surface area contributed by atoms with E-state index in [0.29, 0.717) is 24.5 Å². The van der Waals surface area contributed by atoms with Gasteiger partial charge in [0.05, 0.1) is 5.56 Å². The van der Waals surface area contributed by atoms with E-state index < -0.39 is 0 Å². The average molecular weight is 420 g/mol. The van der Waals surface area contributed by atoms with E-state index in [0.717, 1.165) is 36.5 Å². The van der Waals surface area contributed by atoms with Gasteiger partial charge in [-0.3, -0.25) is 9.69 Å². The number of amides is 1. The molecule has 0 spiro atoms. The summed E-state index contributed by atoms with van der Waals surface area (Å²) in [6, 6.07) is 16.4. The van der Waals surface area contributed by atoms with Gasteiger partial charge in [0.15, 0.2) is 5.69 Å². The minimum Gasteiger partial charge on any atom is -0.488 e. The smallest absolute Gasteiger partial charge is 0.276 e. The predicted octanol–water partition coefficient (Wildman–Crippen LogP) is 4.14. The van der Waals surface area contributed by atoms with E-state index in [4.69, 9.17) is 9.26 Å². The first kappa shape index (κ1) is 21.1. The number of benzene rings is 2. The van der Waals surface area contributed by atoms with Crippen LogP contribution in [0.2, 0.25) is 0 Å². The molecule has 0 N–H and O–H groups in total. The van der Waals surface area contributed by atoms with E-state index in [-0.39, 0.29) is 12.5 Å². The van der Waals surface area contributed by atoms with Crippen molar-refractivity contribution >= 4 is 5.91 Å². The molecule has 0 unspecified atom stereocenters. The van der Waals surface area contributed by atoms with Crippen LogP contribution in [0, 0.1) is 20.8 Å². The Bertz CT molecular complexity index is 1050. The fourth-order valence-corrected chi connectivity index (χ4v) is 3.92. The second-order valence-electron chi connectivity index (χ2n) is 8.18. The van der Waals surface area contributed by atoms with Crippen molar-refractivity contribution in [1.29, 1.82) is 0 Å². The Hall–Kier alpha value is -3.12. The van der Waals surface area contributed by atoms with Crippen molar-refractivity contribution in [2.75, 3.05) is 26.2 Å². The van der Waals surface area contributed by atoms with Gasteiger partial charge in [0.1, 0.15) is 18.1 Å². The Balaban J connectivity index is 1.37. The third-order valence-electron chi connectivity index (χ3n) is 5.80. The van der Waals surface area contributed by atoms with Gasteiger partial charge in [0.25, 0.3) is 5.91 Å². The standard InChI is InChI=1S/C25H29N3O3/c1-18-7-6-9-21(15-18)16-27-11-13-28(14-12-27)25(29)24-22(20(3)31-26-24)17-30-23-10-5-4-8-19(23)2/h4-10,15H,11-14,16-17H2,1-3H3. The fourth-order valence-electron chi connectivity index (χ4n) is 3.92. The number of ether oxygens (including phenoxy) is 1. The van der Waals surface area contributed by atoms with Gasteiger partial charge in [-0.25, -0.2) is 0 Å². The highest BCUT2D eigenvalue weighted by molar-refractivity contribution is 5.93. The van der Waals surface area contributed by atoms with Crippen molar-refractivity contribution < 1.29 is 14.1 Å². The molecule has 6 heteroatoms. The zero-order valence-corrected chi connectivity index (χ0v) is 18.4. The van der Waals surface area contributed by atoms with Gasteiger partial charge in [-0.05, 0) is 38.0 Å². The summed E-state index contributed by atoms with van der Waals surface area (Å²) in [5.41, 5.74) is 4.71. The SMILES string of the molecule is Cc1cccc(CN2CCN(C(=O)c3noc(C)c3COc3ccccc3C)CC2)c1. The van der Waals surface area contributed by atoms with Crippen LogP contribution in [0.4, 0.5) is 0 Å². The van der Waals surface area contributed by atoms with Crippen LogP contribution >= 0.6 is 0 Å². The van der Waals surface area contributed by atoms with Crippen LogP contribution in [-0.2, 0) is 13.2 Å². The number of hydrogen-bond acceptors (Lipinski definition) is 5. The average Bonchev–Trinajstić information content (AvgIpc) is 3.13. The van der Waals surface area contributed by atoms with E-state index in [9.17, 15) is 4.79 Å².